The third-order valence-corrected chi connectivity index (χ3v) is 3.66. The molecule has 0 atom stereocenters. The van der Waals surface area contributed by atoms with Crippen LogP contribution in [0.25, 0.3) is 0 Å². The number of unbranched alkanes of at least 4 members (excludes halogenated alkanes) is 1. The SMILES string of the molecule is CCCCNC(=O)CCNC1CCN(C(=O)OCC)CC1. The van der Waals surface area contributed by atoms with Gasteiger partial charge in [-0.1, -0.05) is 13.3 Å². The number of hydrogen-bond acceptors (Lipinski definition) is 4. The van der Waals surface area contributed by atoms with Crippen molar-refractivity contribution in [2.75, 3.05) is 32.8 Å². The summed E-state index contributed by atoms with van der Waals surface area (Å²) in [4.78, 5) is 24.9. The van der Waals surface area contributed by atoms with E-state index in [-0.39, 0.29) is 12.0 Å². The van der Waals surface area contributed by atoms with Gasteiger partial charge >= 0.3 is 6.09 Å². The predicted molar refractivity (Wildman–Crippen MR) is 82.2 cm³/mol. The maximum Gasteiger partial charge on any atom is 0.409 e. The fourth-order valence-corrected chi connectivity index (χ4v) is 2.36. The van der Waals surface area contributed by atoms with Crippen molar-refractivity contribution in [1.82, 2.24) is 15.5 Å². The van der Waals surface area contributed by atoms with Crippen molar-refractivity contribution in [3.05, 3.63) is 0 Å². The molecule has 2 amide bonds. The van der Waals surface area contributed by atoms with Gasteiger partial charge in [-0.15, -0.1) is 0 Å². The third kappa shape index (κ3) is 7.32. The normalized spacial score (nSPS) is 15.8. The smallest absolute Gasteiger partial charge is 0.409 e. The van der Waals surface area contributed by atoms with Gasteiger partial charge in [-0.25, -0.2) is 4.79 Å². The first-order chi connectivity index (χ1) is 10.2. The van der Waals surface area contributed by atoms with Crippen molar-refractivity contribution in [3.8, 4) is 0 Å². The monoisotopic (exact) mass is 299 g/mol. The number of carbonyl (C=O) groups is 2. The molecule has 0 aliphatic carbocycles. The van der Waals surface area contributed by atoms with E-state index in [2.05, 4.69) is 17.6 Å². The van der Waals surface area contributed by atoms with Crippen LogP contribution in [0.2, 0.25) is 0 Å². The summed E-state index contributed by atoms with van der Waals surface area (Å²) < 4.78 is 4.99. The molecule has 0 bridgehead atoms. The number of amides is 2. The molecule has 0 aromatic rings. The molecule has 1 fully saturated rings. The average Bonchev–Trinajstić information content (AvgIpc) is 2.48. The molecule has 0 aromatic carbocycles. The van der Waals surface area contributed by atoms with Gasteiger partial charge in [0.2, 0.25) is 5.91 Å². The number of ether oxygens (including phenoxy) is 1. The van der Waals surface area contributed by atoms with Crippen molar-refractivity contribution in [2.45, 2.75) is 52.0 Å². The summed E-state index contributed by atoms with van der Waals surface area (Å²) in [6, 6.07) is 0.388. The Bertz CT molecular complexity index is 315. The van der Waals surface area contributed by atoms with Gasteiger partial charge in [0, 0.05) is 38.6 Å². The Balaban J connectivity index is 2.07. The van der Waals surface area contributed by atoms with Crippen LogP contribution in [0.15, 0.2) is 0 Å². The minimum atomic E-state index is -0.216. The quantitative estimate of drug-likeness (QED) is 0.666. The second kappa shape index (κ2) is 10.4. The van der Waals surface area contributed by atoms with Crippen LogP contribution in [0.5, 0.6) is 0 Å². The second-order valence-electron chi connectivity index (χ2n) is 5.37. The molecule has 0 aromatic heterocycles. The number of piperidine rings is 1. The van der Waals surface area contributed by atoms with E-state index in [0.717, 1.165) is 45.3 Å². The Hall–Kier alpha value is -1.30. The average molecular weight is 299 g/mol. The molecule has 122 valence electrons. The van der Waals surface area contributed by atoms with E-state index >= 15 is 0 Å². The summed E-state index contributed by atoms with van der Waals surface area (Å²) in [5.41, 5.74) is 0. The molecule has 0 saturated carbocycles. The summed E-state index contributed by atoms with van der Waals surface area (Å²) in [5.74, 6) is 0.111. The highest BCUT2D eigenvalue weighted by Crippen LogP contribution is 2.11. The fourth-order valence-electron chi connectivity index (χ4n) is 2.36. The van der Waals surface area contributed by atoms with Crippen LogP contribution in [-0.4, -0.2) is 55.7 Å². The Morgan fingerprint density at radius 2 is 1.90 bits per heavy atom. The molecule has 0 spiro atoms. The van der Waals surface area contributed by atoms with Crippen molar-refractivity contribution >= 4 is 12.0 Å². The molecular weight excluding hydrogens is 270 g/mol. The molecule has 2 N–H and O–H groups in total. The molecule has 0 unspecified atom stereocenters. The van der Waals surface area contributed by atoms with Crippen molar-refractivity contribution < 1.29 is 14.3 Å². The molecule has 1 rings (SSSR count). The molecule has 1 aliphatic rings. The molecule has 1 heterocycles. The van der Waals surface area contributed by atoms with E-state index in [1.807, 2.05) is 6.92 Å². The van der Waals surface area contributed by atoms with Gasteiger partial charge in [0.05, 0.1) is 6.61 Å². The van der Waals surface area contributed by atoms with Crippen molar-refractivity contribution in [3.63, 3.8) is 0 Å². The number of nitrogens with one attached hydrogen (secondary N) is 2. The van der Waals surface area contributed by atoms with Gasteiger partial charge in [0.15, 0.2) is 0 Å². The zero-order valence-electron chi connectivity index (χ0n) is 13.3. The lowest BCUT2D eigenvalue weighted by molar-refractivity contribution is -0.121. The van der Waals surface area contributed by atoms with Crippen LogP contribution in [0.4, 0.5) is 4.79 Å². The highest BCUT2D eigenvalue weighted by molar-refractivity contribution is 5.76. The molecule has 21 heavy (non-hydrogen) atoms. The Labute approximate surface area is 127 Å². The van der Waals surface area contributed by atoms with E-state index in [4.69, 9.17) is 4.74 Å². The molecule has 0 radical (unpaired) electrons. The van der Waals surface area contributed by atoms with Crippen LogP contribution >= 0.6 is 0 Å². The lowest BCUT2D eigenvalue weighted by atomic mass is 10.1. The van der Waals surface area contributed by atoms with E-state index in [9.17, 15) is 9.59 Å². The van der Waals surface area contributed by atoms with E-state index in [1.165, 1.54) is 0 Å². The highest BCUT2D eigenvalue weighted by atomic mass is 16.6. The fraction of sp³-hybridized carbons (Fsp3) is 0.867. The third-order valence-electron chi connectivity index (χ3n) is 3.66. The summed E-state index contributed by atoms with van der Waals surface area (Å²) in [6.07, 6.45) is 4.25. The Morgan fingerprint density at radius 1 is 1.19 bits per heavy atom. The van der Waals surface area contributed by atoms with Crippen LogP contribution in [0.3, 0.4) is 0 Å². The second-order valence-corrected chi connectivity index (χ2v) is 5.37. The van der Waals surface area contributed by atoms with Crippen LogP contribution in [-0.2, 0) is 9.53 Å². The zero-order chi connectivity index (χ0) is 15.5. The number of hydrogen-bond donors (Lipinski definition) is 2. The number of rotatable bonds is 8. The van der Waals surface area contributed by atoms with Crippen LogP contribution in [0.1, 0.15) is 46.0 Å². The lowest BCUT2D eigenvalue weighted by Crippen LogP contribution is -2.45. The van der Waals surface area contributed by atoms with Gasteiger partial charge in [-0.2, -0.15) is 0 Å². The summed E-state index contributed by atoms with van der Waals surface area (Å²) >= 11 is 0. The number of carbonyl (C=O) groups excluding carboxylic acids is 2. The standard InChI is InChI=1S/C15H29N3O3/c1-3-5-9-17-14(19)6-10-16-13-7-11-18(12-8-13)15(20)21-4-2/h13,16H,3-12H2,1-2H3,(H,17,19). The summed E-state index contributed by atoms with van der Waals surface area (Å²) in [7, 11) is 0. The number of likely N-dealkylation sites (tertiary alicyclic amines) is 1. The van der Waals surface area contributed by atoms with E-state index < -0.39 is 0 Å². The first-order valence-electron chi connectivity index (χ1n) is 8.09. The van der Waals surface area contributed by atoms with Gasteiger partial charge in [0.25, 0.3) is 0 Å². The molecule has 6 heteroatoms. The Morgan fingerprint density at radius 3 is 2.52 bits per heavy atom. The van der Waals surface area contributed by atoms with Crippen molar-refractivity contribution in [2.24, 2.45) is 0 Å². The summed E-state index contributed by atoms with van der Waals surface area (Å²) in [6.45, 7) is 7.26. The van der Waals surface area contributed by atoms with Crippen LogP contribution in [0, 0.1) is 0 Å². The molecule has 1 saturated heterocycles. The van der Waals surface area contributed by atoms with E-state index in [0.29, 0.717) is 25.6 Å². The molecule has 1 aliphatic heterocycles. The van der Waals surface area contributed by atoms with Gasteiger partial charge in [0.1, 0.15) is 0 Å². The lowest BCUT2D eigenvalue weighted by Gasteiger charge is -2.31. The highest BCUT2D eigenvalue weighted by Gasteiger charge is 2.23. The molecule has 6 nitrogen and oxygen atoms in total. The van der Waals surface area contributed by atoms with Crippen LogP contribution < -0.4 is 10.6 Å². The number of nitrogens with zero attached hydrogens (tertiary/aromatic N) is 1. The van der Waals surface area contributed by atoms with Gasteiger partial charge in [-0.3, -0.25) is 4.79 Å². The maximum atomic E-state index is 11.6. The van der Waals surface area contributed by atoms with Crippen molar-refractivity contribution in [1.29, 1.82) is 0 Å². The Kier molecular flexibility index (Phi) is 8.82. The first kappa shape index (κ1) is 17.8. The molecular formula is C15H29N3O3. The zero-order valence-corrected chi connectivity index (χ0v) is 13.3. The van der Waals surface area contributed by atoms with Gasteiger partial charge < -0.3 is 20.3 Å². The maximum absolute atomic E-state index is 11.6. The summed E-state index contributed by atoms with van der Waals surface area (Å²) in [5, 5.41) is 6.30. The first-order valence-corrected chi connectivity index (χ1v) is 8.09. The topological polar surface area (TPSA) is 70.7 Å². The largest absolute Gasteiger partial charge is 0.450 e. The predicted octanol–water partition coefficient (Wildman–Crippen LogP) is 1.50. The van der Waals surface area contributed by atoms with Gasteiger partial charge in [-0.05, 0) is 26.2 Å². The minimum absolute atomic E-state index is 0.111. The minimum Gasteiger partial charge on any atom is -0.450 e. The van der Waals surface area contributed by atoms with E-state index in [1.54, 1.807) is 4.90 Å².